The fourth-order valence-electron chi connectivity index (χ4n) is 2.54. The van der Waals surface area contributed by atoms with Crippen molar-refractivity contribution >= 4 is 28.9 Å². The van der Waals surface area contributed by atoms with Crippen LogP contribution in [0.3, 0.4) is 0 Å². The number of aromatic nitrogens is 1. The zero-order valence-electron chi connectivity index (χ0n) is 11.1. The molecule has 104 valence electrons. The molecule has 3 nitrogen and oxygen atoms in total. The molecule has 0 N–H and O–H groups in total. The third-order valence-electron chi connectivity index (χ3n) is 3.69. The summed E-state index contributed by atoms with van der Waals surface area (Å²) in [6.07, 6.45) is 2.78. The van der Waals surface area contributed by atoms with Gasteiger partial charge in [0.05, 0.1) is 10.0 Å². The molecular formula is C15H14Cl2N2O. The first-order valence-corrected chi connectivity index (χ1v) is 7.18. The van der Waals surface area contributed by atoms with Crippen molar-refractivity contribution in [3.63, 3.8) is 0 Å². The van der Waals surface area contributed by atoms with Gasteiger partial charge in [0, 0.05) is 38.1 Å². The Hall–Kier alpha value is -1.45. The molecule has 0 aliphatic carbocycles. The van der Waals surface area contributed by atoms with E-state index in [-0.39, 0.29) is 5.56 Å². The first-order valence-electron chi connectivity index (χ1n) is 6.43. The number of pyridine rings is 1. The van der Waals surface area contributed by atoms with Gasteiger partial charge >= 0.3 is 0 Å². The topological polar surface area (TPSA) is 25.2 Å². The zero-order chi connectivity index (χ0) is 14.3. The van der Waals surface area contributed by atoms with Crippen LogP contribution >= 0.6 is 23.2 Å². The minimum atomic E-state index is 0.0479. The zero-order valence-corrected chi connectivity index (χ0v) is 12.6. The fraction of sp³-hybridized carbons (Fsp3) is 0.267. The fourth-order valence-corrected chi connectivity index (χ4v) is 2.83. The van der Waals surface area contributed by atoms with E-state index in [1.807, 2.05) is 24.4 Å². The van der Waals surface area contributed by atoms with E-state index in [2.05, 4.69) is 4.90 Å². The molecule has 2 aromatic rings. The van der Waals surface area contributed by atoms with Crippen molar-refractivity contribution < 1.29 is 0 Å². The monoisotopic (exact) mass is 308 g/mol. The lowest BCUT2D eigenvalue weighted by atomic mass is 10.0. The van der Waals surface area contributed by atoms with Gasteiger partial charge in [0.15, 0.2) is 0 Å². The van der Waals surface area contributed by atoms with Crippen LogP contribution < -0.4 is 10.5 Å². The molecule has 0 amide bonds. The van der Waals surface area contributed by atoms with Gasteiger partial charge in [-0.3, -0.25) is 4.79 Å². The Morgan fingerprint density at radius 2 is 1.90 bits per heavy atom. The number of fused-ring (bicyclic) bond motifs is 1. The summed E-state index contributed by atoms with van der Waals surface area (Å²) in [5.41, 5.74) is 3.43. The van der Waals surface area contributed by atoms with Crippen LogP contribution in [0.1, 0.15) is 11.1 Å². The summed E-state index contributed by atoms with van der Waals surface area (Å²) in [6, 6.07) is 7.41. The highest BCUT2D eigenvalue weighted by atomic mass is 35.5. The number of aryl methyl sites for hydroxylation is 1. The molecule has 0 fully saturated rings. The number of nitrogens with zero attached hydrogens (tertiary/aromatic N) is 2. The van der Waals surface area contributed by atoms with Crippen LogP contribution in [0.15, 0.2) is 35.3 Å². The number of rotatable bonds is 1. The second kappa shape index (κ2) is 5.15. The Kier molecular flexibility index (Phi) is 3.48. The molecule has 3 rings (SSSR count). The van der Waals surface area contributed by atoms with E-state index in [1.54, 1.807) is 17.7 Å². The molecule has 1 aliphatic heterocycles. The lowest BCUT2D eigenvalue weighted by Crippen LogP contribution is -2.32. The second-order valence-electron chi connectivity index (χ2n) is 5.04. The van der Waals surface area contributed by atoms with Crippen molar-refractivity contribution in [2.75, 3.05) is 11.4 Å². The Morgan fingerprint density at radius 3 is 2.65 bits per heavy atom. The van der Waals surface area contributed by atoms with Gasteiger partial charge in [-0.2, -0.15) is 0 Å². The summed E-state index contributed by atoms with van der Waals surface area (Å²) >= 11 is 12.0. The highest BCUT2D eigenvalue weighted by Crippen LogP contribution is 2.29. The lowest BCUT2D eigenvalue weighted by Gasteiger charge is -2.31. The summed E-state index contributed by atoms with van der Waals surface area (Å²) in [5, 5.41) is 1.13. The molecular weight excluding hydrogens is 295 g/mol. The lowest BCUT2D eigenvalue weighted by molar-refractivity contribution is 0.707. The molecule has 1 aromatic carbocycles. The maximum atomic E-state index is 11.6. The van der Waals surface area contributed by atoms with Gasteiger partial charge in [-0.15, -0.1) is 0 Å². The van der Waals surface area contributed by atoms with Crippen molar-refractivity contribution in [1.29, 1.82) is 0 Å². The maximum Gasteiger partial charge on any atom is 0.250 e. The Labute approximate surface area is 127 Å². The number of hydrogen-bond acceptors (Lipinski definition) is 2. The van der Waals surface area contributed by atoms with Gasteiger partial charge in [-0.05, 0) is 35.7 Å². The summed E-state index contributed by atoms with van der Waals surface area (Å²) in [5.74, 6) is 0. The van der Waals surface area contributed by atoms with Crippen molar-refractivity contribution in [2.45, 2.75) is 13.0 Å². The molecule has 0 unspecified atom stereocenters. The summed E-state index contributed by atoms with van der Waals surface area (Å²) < 4.78 is 1.62. The predicted octanol–water partition coefficient (Wildman–Crippen LogP) is 3.25. The van der Waals surface area contributed by atoms with Crippen LogP contribution in [0.4, 0.5) is 5.69 Å². The predicted molar refractivity (Wildman–Crippen MR) is 82.9 cm³/mol. The van der Waals surface area contributed by atoms with E-state index in [1.165, 1.54) is 5.56 Å². The van der Waals surface area contributed by atoms with E-state index in [0.717, 1.165) is 30.8 Å². The van der Waals surface area contributed by atoms with Crippen LogP contribution in [-0.4, -0.2) is 11.1 Å². The third-order valence-corrected chi connectivity index (χ3v) is 4.43. The summed E-state index contributed by atoms with van der Waals surface area (Å²) in [6.45, 7) is 1.65. The second-order valence-corrected chi connectivity index (χ2v) is 5.86. The molecule has 1 aliphatic rings. The molecule has 2 heterocycles. The van der Waals surface area contributed by atoms with Gasteiger partial charge in [-0.25, -0.2) is 0 Å². The van der Waals surface area contributed by atoms with Crippen LogP contribution in [0.2, 0.25) is 10.0 Å². The minimum Gasteiger partial charge on any atom is -0.367 e. The minimum absolute atomic E-state index is 0.0479. The van der Waals surface area contributed by atoms with Crippen molar-refractivity contribution in [2.24, 2.45) is 7.05 Å². The quantitative estimate of drug-likeness (QED) is 0.808. The summed E-state index contributed by atoms with van der Waals surface area (Å²) in [7, 11) is 1.78. The van der Waals surface area contributed by atoms with Gasteiger partial charge in [0.1, 0.15) is 0 Å². The molecule has 5 heteroatoms. The van der Waals surface area contributed by atoms with E-state index in [4.69, 9.17) is 23.2 Å². The highest BCUT2D eigenvalue weighted by Gasteiger charge is 2.18. The van der Waals surface area contributed by atoms with Crippen LogP contribution in [0.25, 0.3) is 0 Å². The van der Waals surface area contributed by atoms with Gasteiger partial charge < -0.3 is 9.47 Å². The number of hydrogen-bond donors (Lipinski definition) is 0. The standard InChI is InChI=1S/C15H14Cl2N2O/c1-18-8-11-9-19(5-4-10(11)6-15(18)20)12-2-3-13(16)14(17)7-12/h2-3,6-8H,4-5,9H2,1H3. The van der Waals surface area contributed by atoms with Crippen LogP contribution in [0.5, 0.6) is 0 Å². The number of halogens is 2. The van der Waals surface area contributed by atoms with Crippen LogP contribution in [0, 0.1) is 0 Å². The molecule has 0 saturated heterocycles. The molecule has 1 aromatic heterocycles. The number of benzene rings is 1. The van der Waals surface area contributed by atoms with E-state index in [9.17, 15) is 4.79 Å². The first kappa shape index (κ1) is 13.5. The average molecular weight is 309 g/mol. The Balaban J connectivity index is 1.93. The van der Waals surface area contributed by atoms with Gasteiger partial charge in [0.2, 0.25) is 0 Å². The van der Waals surface area contributed by atoms with E-state index >= 15 is 0 Å². The molecule has 0 radical (unpaired) electrons. The first-order chi connectivity index (χ1) is 9.54. The van der Waals surface area contributed by atoms with Crippen molar-refractivity contribution in [3.8, 4) is 0 Å². The van der Waals surface area contributed by atoms with E-state index in [0.29, 0.717) is 10.0 Å². The molecule has 0 spiro atoms. The van der Waals surface area contributed by atoms with E-state index < -0.39 is 0 Å². The largest absolute Gasteiger partial charge is 0.367 e. The molecule has 20 heavy (non-hydrogen) atoms. The van der Waals surface area contributed by atoms with Gasteiger partial charge in [0.25, 0.3) is 5.56 Å². The highest BCUT2D eigenvalue weighted by molar-refractivity contribution is 6.42. The smallest absolute Gasteiger partial charge is 0.250 e. The van der Waals surface area contributed by atoms with Crippen LogP contribution in [-0.2, 0) is 20.0 Å². The molecule has 0 saturated carbocycles. The molecule has 0 bridgehead atoms. The molecule has 0 atom stereocenters. The maximum absolute atomic E-state index is 11.6. The number of anilines is 1. The Morgan fingerprint density at radius 1 is 1.10 bits per heavy atom. The SMILES string of the molecule is Cn1cc2c(cc1=O)CCN(c1ccc(Cl)c(Cl)c1)C2. The third kappa shape index (κ3) is 2.43. The average Bonchev–Trinajstić information content (AvgIpc) is 2.43. The Bertz CT molecular complexity index is 724. The van der Waals surface area contributed by atoms with Crippen molar-refractivity contribution in [3.05, 3.63) is 62.0 Å². The summed E-state index contributed by atoms with van der Waals surface area (Å²) in [4.78, 5) is 13.9. The van der Waals surface area contributed by atoms with Crippen molar-refractivity contribution in [1.82, 2.24) is 4.57 Å². The normalized spacial score (nSPS) is 14.2. The van der Waals surface area contributed by atoms with Gasteiger partial charge in [-0.1, -0.05) is 23.2 Å².